The van der Waals surface area contributed by atoms with E-state index < -0.39 is 0 Å². The molecule has 21 heavy (non-hydrogen) atoms. The summed E-state index contributed by atoms with van der Waals surface area (Å²) in [7, 11) is 0. The number of ether oxygens (including phenoxy) is 1. The maximum absolute atomic E-state index is 6.18. The highest BCUT2D eigenvalue weighted by molar-refractivity contribution is 7.09. The van der Waals surface area contributed by atoms with E-state index in [1.54, 1.807) is 23.5 Å². The van der Waals surface area contributed by atoms with Crippen molar-refractivity contribution in [1.82, 2.24) is 4.98 Å². The Kier molecular flexibility index (Phi) is 5.15. The van der Waals surface area contributed by atoms with Crippen molar-refractivity contribution in [3.05, 3.63) is 43.8 Å². The standard InChI is InChI=1S/C15H18Cl2N2OS/c1-15(2,3)12-8-21-13(19-12)7-20-14-9(6-18)4-10(16)5-11(14)17/h4-5,8H,6-7,18H2,1-3H3. The zero-order valence-electron chi connectivity index (χ0n) is 12.2. The van der Waals surface area contributed by atoms with Crippen LogP contribution in [0.25, 0.3) is 0 Å². The summed E-state index contributed by atoms with van der Waals surface area (Å²) in [5.41, 5.74) is 7.60. The number of hydrogen-bond donors (Lipinski definition) is 1. The summed E-state index contributed by atoms with van der Waals surface area (Å²) >= 11 is 13.7. The van der Waals surface area contributed by atoms with E-state index in [0.717, 1.165) is 16.3 Å². The lowest BCUT2D eigenvalue weighted by Gasteiger charge is -2.14. The van der Waals surface area contributed by atoms with Gasteiger partial charge in [-0.2, -0.15) is 0 Å². The van der Waals surface area contributed by atoms with Crippen molar-refractivity contribution in [3.63, 3.8) is 0 Å². The van der Waals surface area contributed by atoms with Gasteiger partial charge in [0.15, 0.2) is 0 Å². The fraction of sp³-hybridized carbons (Fsp3) is 0.400. The van der Waals surface area contributed by atoms with E-state index >= 15 is 0 Å². The zero-order chi connectivity index (χ0) is 15.6. The third-order valence-corrected chi connectivity index (χ3v) is 4.29. The molecule has 0 bridgehead atoms. The summed E-state index contributed by atoms with van der Waals surface area (Å²) in [5, 5.41) is 3.99. The van der Waals surface area contributed by atoms with E-state index in [0.29, 0.717) is 28.9 Å². The molecule has 1 heterocycles. The smallest absolute Gasteiger partial charge is 0.143 e. The molecule has 0 saturated carbocycles. The summed E-state index contributed by atoms with van der Waals surface area (Å²) in [5.74, 6) is 0.580. The van der Waals surface area contributed by atoms with Crippen molar-refractivity contribution in [2.45, 2.75) is 39.3 Å². The minimum atomic E-state index is 0.0368. The largest absolute Gasteiger partial charge is 0.485 e. The number of hydrogen-bond acceptors (Lipinski definition) is 4. The molecule has 0 atom stereocenters. The van der Waals surface area contributed by atoms with Crippen LogP contribution in [0.2, 0.25) is 10.0 Å². The third-order valence-electron chi connectivity index (χ3n) is 2.97. The maximum Gasteiger partial charge on any atom is 0.143 e. The van der Waals surface area contributed by atoms with Crippen LogP contribution in [-0.2, 0) is 18.6 Å². The summed E-state index contributed by atoms with van der Waals surface area (Å²) in [6.07, 6.45) is 0. The van der Waals surface area contributed by atoms with Crippen LogP contribution in [0.4, 0.5) is 0 Å². The number of nitrogens with two attached hydrogens (primary N) is 1. The number of rotatable bonds is 4. The van der Waals surface area contributed by atoms with E-state index in [9.17, 15) is 0 Å². The van der Waals surface area contributed by atoms with Crippen LogP contribution >= 0.6 is 34.5 Å². The second-order valence-electron chi connectivity index (χ2n) is 5.75. The fourth-order valence-electron chi connectivity index (χ4n) is 1.78. The van der Waals surface area contributed by atoms with Gasteiger partial charge in [0.05, 0.1) is 10.7 Å². The van der Waals surface area contributed by atoms with Gasteiger partial charge in [0.25, 0.3) is 0 Å². The minimum absolute atomic E-state index is 0.0368. The molecule has 0 aliphatic heterocycles. The first-order valence-electron chi connectivity index (χ1n) is 6.57. The van der Waals surface area contributed by atoms with Crippen LogP contribution in [0.5, 0.6) is 5.75 Å². The molecule has 1 aromatic heterocycles. The van der Waals surface area contributed by atoms with Crippen LogP contribution < -0.4 is 10.5 Å². The van der Waals surface area contributed by atoms with Gasteiger partial charge in [-0.25, -0.2) is 4.98 Å². The molecule has 0 amide bonds. The SMILES string of the molecule is CC(C)(C)c1csc(COc2c(Cl)cc(Cl)cc2CN)n1. The minimum Gasteiger partial charge on any atom is -0.485 e. The topological polar surface area (TPSA) is 48.1 Å². The van der Waals surface area contributed by atoms with Gasteiger partial charge in [-0.05, 0) is 12.1 Å². The van der Waals surface area contributed by atoms with Crippen LogP contribution in [0, 0.1) is 0 Å². The molecule has 0 fully saturated rings. The summed E-state index contributed by atoms with van der Waals surface area (Å²) in [6.45, 7) is 7.09. The third kappa shape index (κ3) is 4.10. The lowest BCUT2D eigenvalue weighted by atomic mass is 9.93. The Labute approximate surface area is 139 Å². The highest BCUT2D eigenvalue weighted by atomic mass is 35.5. The zero-order valence-corrected chi connectivity index (χ0v) is 14.6. The number of aromatic nitrogens is 1. The molecule has 0 radical (unpaired) electrons. The van der Waals surface area contributed by atoms with Gasteiger partial charge in [-0.15, -0.1) is 11.3 Å². The average Bonchev–Trinajstić information content (AvgIpc) is 2.85. The van der Waals surface area contributed by atoms with Gasteiger partial charge in [0, 0.05) is 27.9 Å². The van der Waals surface area contributed by atoms with Gasteiger partial charge in [-0.1, -0.05) is 44.0 Å². The summed E-state index contributed by atoms with van der Waals surface area (Å²) in [6, 6.07) is 3.42. The molecule has 2 rings (SSSR count). The molecule has 0 spiro atoms. The fourth-order valence-corrected chi connectivity index (χ4v) is 3.30. The van der Waals surface area contributed by atoms with E-state index in [4.69, 9.17) is 33.7 Å². The summed E-state index contributed by atoms with van der Waals surface area (Å²) in [4.78, 5) is 4.59. The average molecular weight is 345 g/mol. The normalized spacial score (nSPS) is 11.7. The molecule has 3 nitrogen and oxygen atoms in total. The second kappa shape index (κ2) is 6.53. The number of halogens is 2. The van der Waals surface area contributed by atoms with Gasteiger partial charge in [0.1, 0.15) is 17.4 Å². The van der Waals surface area contributed by atoms with Crippen LogP contribution in [0.3, 0.4) is 0 Å². The Morgan fingerprint density at radius 1 is 1.29 bits per heavy atom. The Morgan fingerprint density at radius 3 is 2.57 bits per heavy atom. The highest BCUT2D eigenvalue weighted by Crippen LogP contribution is 2.33. The van der Waals surface area contributed by atoms with Gasteiger partial charge < -0.3 is 10.5 Å². The van der Waals surface area contributed by atoms with E-state index in [-0.39, 0.29) is 5.41 Å². The van der Waals surface area contributed by atoms with Crippen LogP contribution in [-0.4, -0.2) is 4.98 Å². The number of thiazole rings is 1. The number of benzene rings is 1. The van der Waals surface area contributed by atoms with Crippen molar-refractivity contribution >= 4 is 34.5 Å². The number of nitrogens with zero attached hydrogens (tertiary/aromatic N) is 1. The second-order valence-corrected chi connectivity index (χ2v) is 7.53. The molecule has 2 N–H and O–H groups in total. The van der Waals surface area contributed by atoms with E-state index in [1.165, 1.54) is 0 Å². The van der Waals surface area contributed by atoms with Crippen molar-refractivity contribution < 1.29 is 4.74 Å². The van der Waals surface area contributed by atoms with Gasteiger partial charge in [0.2, 0.25) is 0 Å². The van der Waals surface area contributed by atoms with Crippen LogP contribution in [0.1, 0.15) is 37.0 Å². The van der Waals surface area contributed by atoms with E-state index in [1.807, 2.05) is 0 Å². The lowest BCUT2D eigenvalue weighted by Crippen LogP contribution is -2.11. The predicted octanol–water partition coefficient (Wildman–Crippen LogP) is 4.79. The van der Waals surface area contributed by atoms with Crippen molar-refractivity contribution in [3.8, 4) is 5.75 Å². The highest BCUT2D eigenvalue weighted by Gasteiger charge is 2.18. The van der Waals surface area contributed by atoms with Crippen molar-refractivity contribution in [1.29, 1.82) is 0 Å². The first kappa shape index (κ1) is 16.6. The van der Waals surface area contributed by atoms with Crippen molar-refractivity contribution in [2.75, 3.05) is 0 Å². The molecule has 0 unspecified atom stereocenters. The molecular formula is C15H18Cl2N2OS. The van der Waals surface area contributed by atoms with E-state index in [2.05, 4.69) is 31.1 Å². The first-order valence-corrected chi connectivity index (χ1v) is 8.20. The molecule has 114 valence electrons. The lowest BCUT2D eigenvalue weighted by molar-refractivity contribution is 0.302. The monoisotopic (exact) mass is 344 g/mol. The molecular weight excluding hydrogens is 327 g/mol. The molecule has 0 saturated heterocycles. The molecule has 2 aromatic rings. The quantitative estimate of drug-likeness (QED) is 0.867. The first-order chi connectivity index (χ1) is 9.81. The van der Waals surface area contributed by atoms with Gasteiger partial charge in [-0.3, -0.25) is 0 Å². The Bertz CT molecular complexity index is 635. The van der Waals surface area contributed by atoms with Gasteiger partial charge >= 0.3 is 0 Å². The molecule has 1 aromatic carbocycles. The molecule has 6 heteroatoms. The van der Waals surface area contributed by atoms with Crippen LogP contribution in [0.15, 0.2) is 17.5 Å². The Hall–Kier alpha value is -0.810. The molecule has 0 aliphatic rings. The summed E-state index contributed by atoms with van der Waals surface area (Å²) < 4.78 is 5.80. The Morgan fingerprint density at radius 2 is 2.00 bits per heavy atom. The maximum atomic E-state index is 6.18. The Balaban J connectivity index is 2.15. The predicted molar refractivity (Wildman–Crippen MR) is 89.5 cm³/mol. The van der Waals surface area contributed by atoms with Crippen molar-refractivity contribution in [2.24, 2.45) is 5.73 Å². The molecule has 0 aliphatic carbocycles.